The molecule has 0 amide bonds. The van der Waals surface area contributed by atoms with Gasteiger partial charge in [-0.25, -0.2) is 0 Å². The molecule has 0 aromatic rings. The Kier molecular flexibility index (Phi) is 55.4. The minimum absolute atomic E-state index is 0.729. The van der Waals surface area contributed by atoms with E-state index in [9.17, 15) is 0 Å². The molecule has 0 fully saturated rings. The minimum Gasteiger partial charge on any atom is -0.0654 e. The Balaban J connectivity index is 4.92. The molecule has 0 rings (SSSR count). The van der Waals surface area contributed by atoms with Crippen molar-refractivity contribution in [2.75, 3.05) is 26.4 Å². The zero-order valence-corrected chi connectivity index (χ0v) is 44.5. The van der Waals surface area contributed by atoms with Gasteiger partial charge >= 0.3 is 315 Å². The van der Waals surface area contributed by atoms with Crippen LogP contribution in [-0.4, -0.2) is 26.4 Å². The number of unbranched alkanes of at least 4 members (excludes halogenated alkanes) is 44. The Bertz CT molecular complexity index is 639. The van der Waals surface area contributed by atoms with Crippen LogP contribution in [0, 0.1) is 0 Å². The van der Waals surface area contributed by atoms with Gasteiger partial charge in [0.1, 0.15) is 0 Å². The second kappa shape index (κ2) is 54.9. The van der Waals surface area contributed by atoms with Crippen molar-refractivity contribution in [2.24, 2.45) is 0 Å². The second-order valence-corrected chi connectivity index (χ2v) is 22.8. The SMILES string of the molecule is CCCCCCCCCCCCCC[O][Ti]([O]CCCCCCCCCCCCCC)([O]CCCCCCCCCCCCCC)[O]CCCCCCCCCCCCCC. The molecule has 0 saturated carbocycles. The van der Waals surface area contributed by atoms with Crippen LogP contribution in [0.4, 0.5) is 0 Å². The summed E-state index contributed by atoms with van der Waals surface area (Å²) in [7, 11) is 0. The molecular weight excluding hydrogens is 784 g/mol. The summed E-state index contributed by atoms with van der Waals surface area (Å²) in [5.74, 6) is 0. The van der Waals surface area contributed by atoms with E-state index in [1.807, 2.05) is 0 Å². The summed E-state index contributed by atoms with van der Waals surface area (Å²) < 4.78 is 27.1. The van der Waals surface area contributed by atoms with Gasteiger partial charge in [0.05, 0.1) is 0 Å². The molecule has 0 atom stereocenters. The second-order valence-electron chi connectivity index (χ2n) is 19.5. The van der Waals surface area contributed by atoms with E-state index in [0.717, 1.165) is 52.1 Å². The van der Waals surface area contributed by atoms with Crippen LogP contribution in [0.2, 0.25) is 0 Å². The minimum atomic E-state index is -3.85. The van der Waals surface area contributed by atoms with Crippen LogP contribution < -0.4 is 0 Å². The number of hydrogen-bond donors (Lipinski definition) is 0. The molecule has 61 heavy (non-hydrogen) atoms. The number of hydrogen-bond acceptors (Lipinski definition) is 4. The van der Waals surface area contributed by atoms with Gasteiger partial charge < -0.3 is 0 Å². The molecule has 0 aromatic heterocycles. The summed E-state index contributed by atoms with van der Waals surface area (Å²) in [6.45, 7) is 12.1. The molecule has 0 aliphatic carbocycles. The molecule has 0 unspecified atom stereocenters. The molecule has 4 nitrogen and oxygen atoms in total. The van der Waals surface area contributed by atoms with Crippen LogP contribution in [0.3, 0.4) is 0 Å². The van der Waals surface area contributed by atoms with Crippen LogP contribution in [0.15, 0.2) is 0 Å². The summed E-state index contributed by atoms with van der Waals surface area (Å²) in [5.41, 5.74) is 0. The zero-order valence-electron chi connectivity index (χ0n) is 42.9. The van der Waals surface area contributed by atoms with Gasteiger partial charge in [-0.15, -0.1) is 0 Å². The topological polar surface area (TPSA) is 36.9 Å². The molecule has 0 radical (unpaired) electrons. The smallest absolute Gasteiger partial charge is 0.0654 e. The average Bonchev–Trinajstić information content (AvgIpc) is 3.27. The van der Waals surface area contributed by atoms with Crippen molar-refractivity contribution in [3.63, 3.8) is 0 Å². The first-order valence-electron chi connectivity index (χ1n) is 28.8. The van der Waals surface area contributed by atoms with E-state index in [2.05, 4.69) is 27.7 Å². The average molecular weight is 901 g/mol. The molecule has 0 heterocycles. The van der Waals surface area contributed by atoms with Crippen LogP contribution in [-0.2, 0) is 31.4 Å². The molecule has 5 heteroatoms. The van der Waals surface area contributed by atoms with E-state index in [-0.39, 0.29) is 0 Å². The molecule has 0 N–H and O–H groups in total. The maximum atomic E-state index is 6.76. The normalized spacial score (nSPS) is 12.0. The Morgan fingerprint density at radius 2 is 0.279 bits per heavy atom. The fourth-order valence-electron chi connectivity index (χ4n) is 8.81. The summed E-state index contributed by atoms with van der Waals surface area (Å²) in [5, 5.41) is 0. The van der Waals surface area contributed by atoms with E-state index < -0.39 is 18.1 Å². The van der Waals surface area contributed by atoms with E-state index in [4.69, 9.17) is 13.3 Å². The van der Waals surface area contributed by atoms with Crippen LogP contribution in [0.1, 0.15) is 336 Å². The van der Waals surface area contributed by atoms with Crippen molar-refractivity contribution in [1.29, 1.82) is 0 Å². The molecule has 0 aromatic carbocycles. The summed E-state index contributed by atoms with van der Waals surface area (Å²) in [6.07, 6.45) is 65.1. The summed E-state index contributed by atoms with van der Waals surface area (Å²) in [6, 6.07) is 0. The molecule has 0 aliphatic heterocycles. The monoisotopic (exact) mass is 901 g/mol. The predicted octanol–water partition coefficient (Wildman–Crippen LogP) is 20.7. The fraction of sp³-hybridized carbons (Fsp3) is 1.00. The quantitative estimate of drug-likeness (QED) is 0.0450. The number of rotatable bonds is 56. The van der Waals surface area contributed by atoms with Gasteiger partial charge in [0.2, 0.25) is 0 Å². The van der Waals surface area contributed by atoms with Gasteiger partial charge in [-0.05, 0) is 0 Å². The molecule has 368 valence electrons. The summed E-state index contributed by atoms with van der Waals surface area (Å²) >= 11 is -3.85. The first kappa shape index (κ1) is 61.6. The van der Waals surface area contributed by atoms with Gasteiger partial charge in [-0.3, -0.25) is 0 Å². The van der Waals surface area contributed by atoms with E-state index in [0.29, 0.717) is 0 Å². The molecule has 0 saturated heterocycles. The van der Waals surface area contributed by atoms with Gasteiger partial charge in [-0.2, -0.15) is 0 Å². The molecule has 0 aliphatic rings. The van der Waals surface area contributed by atoms with Crippen LogP contribution in [0.25, 0.3) is 0 Å². The van der Waals surface area contributed by atoms with Gasteiger partial charge in [0, 0.05) is 0 Å². The Morgan fingerprint density at radius 1 is 0.164 bits per heavy atom. The van der Waals surface area contributed by atoms with E-state index in [1.165, 1.54) is 283 Å². The van der Waals surface area contributed by atoms with Crippen molar-refractivity contribution in [2.45, 2.75) is 336 Å². The fourth-order valence-corrected chi connectivity index (χ4v) is 12.1. The van der Waals surface area contributed by atoms with Crippen molar-refractivity contribution in [3.8, 4) is 0 Å². The summed E-state index contributed by atoms with van der Waals surface area (Å²) in [4.78, 5) is 0. The molecule has 0 bridgehead atoms. The first-order chi connectivity index (χ1) is 30.2. The molecular formula is C56H116O4Ti. The standard InChI is InChI=1S/4C14H29O.Ti/c4*1-2-3-4-5-6-7-8-9-10-11-12-13-14-15;/h4*2-14H2,1H3;/q4*-1;+4. The first-order valence-corrected chi connectivity index (χ1v) is 31.3. The molecule has 0 spiro atoms. The van der Waals surface area contributed by atoms with Crippen molar-refractivity contribution in [3.05, 3.63) is 0 Å². The van der Waals surface area contributed by atoms with Gasteiger partial charge in [-0.1, -0.05) is 79.1 Å². The van der Waals surface area contributed by atoms with Gasteiger partial charge in [0.25, 0.3) is 0 Å². The Hall–Kier alpha value is 0.554. The third-order valence-corrected chi connectivity index (χ3v) is 16.6. The van der Waals surface area contributed by atoms with Crippen molar-refractivity contribution in [1.82, 2.24) is 0 Å². The van der Waals surface area contributed by atoms with Gasteiger partial charge in [0.15, 0.2) is 0 Å². The zero-order chi connectivity index (χ0) is 44.1. The predicted molar refractivity (Wildman–Crippen MR) is 268 cm³/mol. The van der Waals surface area contributed by atoms with Crippen molar-refractivity contribution >= 4 is 0 Å². The van der Waals surface area contributed by atoms with E-state index >= 15 is 0 Å². The maximum absolute atomic E-state index is 6.76. The van der Waals surface area contributed by atoms with E-state index in [1.54, 1.807) is 0 Å². The Labute approximate surface area is 391 Å². The third kappa shape index (κ3) is 49.8. The van der Waals surface area contributed by atoms with Crippen LogP contribution in [0.5, 0.6) is 0 Å². The Morgan fingerprint density at radius 3 is 0.410 bits per heavy atom. The van der Waals surface area contributed by atoms with Crippen molar-refractivity contribution < 1.29 is 31.4 Å². The van der Waals surface area contributed by atoms with Crippen LogP contribution >= 0.6 is 0 Å². The third-order valence-electron chi connectivity index (χ3n) is 13.1.